The normalized spacial score (nSPS) is 22.0. The number of nitrogens with one attached hydrogen (secondary N) is 1. The Balaban J connectivity index is 1.43. The molecule has 2 fully saturated rings. The number of nitrogens with zero attached hydrogens (tertiary/aromatic N) is 1. The largest absolute Gasteiger partial charge is 0.381 e. The highest BCUT2D eigenvalue weighted by Gasteiger charge is 2.38. The van der Waals surface area contributed by atoms with Crippen molar-refractivity contribution in [2.24, 2.45) is 0 Å². The molecule has 0 atom stereocenters. The van der Waals surface area contributed by atoms with Crippen LogP contribution in [0, 0.1) is 0 Å². The van der Waals surface area contributed by atoms with Gasteiger partial charge >= 0.3 is 0 Å². The Morgan fingerprint density at radius 2 is 1.88 bits per heavy atom. The van der Waals surface area contributed by atoms with Gasteiger partial charge in [0.2, 0.25) is 0 Å². The van der Waals surface area contributed by atoms with Gasteiger partial charge in [-0.05, 0) is 61.2 Å². The SMILES string of the molecule is c1ccc2c(CNCC3(N4CCCCC4)CCOCC3)csc2c1. The molecule has 2 aromatic rings. The van der Waals surface area contributed by atoms with E-state index in [-0.39, 0.29) is 0 Å². The van der Waals surface area contributed by atoms with E-state index in [4.69, 9.17) is 4.74 Å². The minimum atomic E-state index is 0.310. The van der Waals surface area contributed by atoms with Crippen LogP contribution in [0.2, 0.25) is 0 Å². The average molecular weight is 345 g/mol. The second kappa shape index (κ2) is 7.52. The van der Waals surface area contributed by atoms with Crippen LogP contribution in [0.3, 0.4) is 0 Å². The van der Waals surface area contributed by atoms with Gasteiger partial charge in [0.1, 0.15) is 0 Å². The van der Waals surface area contributed by atoms with Gasteiger partial charge in [0.15, 0.2) is 0 Å². The first-order chi connectivity index (χ1) is 11.9. The molecule has 3 heterocycles. The van der Waals surface area contributed by atoms with Crippen molar-refractivity contribution in [3.8, 4) is 0 Å². The number of hydrogen-bond acceptors (Lipinski definition) is 4. The van der Waals surface area contributed by atoms with E-state index in [0.717, 1.165) is 26.3 Å². The van der Waals surface area contributed by atoms with Crippen molar-refractivity contribution in [1.82, 2.24) is 10.2 Å². The lowest BCUT2D eigenvalue weighted by molar-refractivity contribution is -0.0358. The Labute approximate surface area is 149 Å². The molecule has 2 aliphatic rings. The van der Waals surface area contributed by atoms with Gasteiger partial charge in [0, 0.05) is 36.5 Å². The Bertz CT molecular complexity index is 656. The average Bonchev–Trinajstić information content (AvgIpc) is 3.07. The molecule has 2 saturated heterocycles. The molecule has 3 nitrogen and oxygen atoms in total. The van der Waals surface area contributed by atoms with E-state index in [1.54, 1.807) is 0 Å². The summed E-state index contributed by atoms with van der Waals surface area (Å²) in [5, 5.41) is 7.52. The van der Waals surface area contributed by atoms with Crippen LogP contribution in [0.15, 0.2) is 29.6 Å². The fourth-order valence-electron chi connectivity index (χ4n) is 4.32. The monoisotopic (exact) mass is 344 g/mol. The van der Waals surface area contributed by atoms with Crippen molar-refractivity contribution in [2.45, 2.75) is 44.2 Å². The highest BCUT2D eigenvalue weighted by atomic mass is 32.1. The first-order valence-electron chi connectivity index (χ1n) is 9.36. The van der Waals surface area contributed by atoms with E-state index >= 15 is 0 Å². The minimum absolute atomic E-state index is 0.310. The van der Waals surface area contributed by atoms with Crippen molar-refractivity contribution in [3.63, 3.8) is 0 Å². The third kappa shape index (κ3) is 3.38. The lowest BCUT2D eigenvalue weighted by atomic mass is 9.86. The summed E-state index contributed by atoms with van der Waals surface area (Å²) in [4.78, 5) is 2.76. The van der Waals surface area contributed by atoms with Crippen LogP contribution in [0.5, 0.6) is 0 Å². The highest BCUT2D eigenvalue weighted by molar-refractivity contribution is 7.17. The van der Waals surface area contributed by atoms with Gasteiger partial charge in [-0.2, -0.15) is 0 Å². The molecule has 2 aliphatic heterocycles. The Morgan fingerprint density at radius 3 is 2.71 bits per heavy atom. The summed E-state index contributed by atoms with van der Waals surface area (Å²) >= 11 is 1.86. The van der Waals surface area contributed by atoms with E-state index in [1.807, 2.05) is 11.3 Å². The third-order valence-corrected chi connectivity index (χ3v) is 6.79. The molecule has 1 N–H and O–H groups in total. The van der Waals surface area contributed by atoms with Crippen LogP contribution in [0.25, 0.3) is 10.1 Å². The first-order valence-corrected chi connectivity index (χ1v) is 10.2. The molecular formula is C20H28N2OS. The predicted octanol–water partition coefficient (Wildman–Crippen LogP) is 4.03. The lowest BCUT2D eigenvalue weighted by Crippen LogP contribution is -2.59. The van der Waals surface area contributed by atoms with Crippen LogP contribution in [0.4, 0.5) is 0 Å². The first kappa shape index (κ1) is 16.5. The summed E-state index contributed by atoms with van der Waals surface area (Å²) in [6, 6.07) is 8.74. The fraction of sp³-hybridized carbons (Fsp3) is 0.600. The van der Waals surface area contributed by atoms with Crippen molar-refractivity contribution < 1.29 is 4.74 Å². The Kier molecular flexibility index (Phi) is 5.18. The topological polar surface area (TPSA) is 24.5 Å². The summed E-state index contributed by atoms with van der Waals surface area (Å²) in [6.45, 7) is 6.42. The van der Waals surface area contributed by atoms with Crippen LogP contribution in [-0.4, -0.2) is 43.3 Å². The smallest absolute Gasteiger partial charge is 0.0484 e. The third-order valence-electron chi connectivity index (χ3n) is 5.78. The second-order valence-electron chi connectivity index (χ2n) is 7.25. The summed E-state index contributed by atoms with van der Waals surface area (Å²) < 4.78 is 7.07. The van der Waals surface area contributed by atoms with Gasteiger partial charge in [-0.25, -0.2) is 0 Å². The van der Waals surface area contributed by atoms with E-state index in [2.05, 4.69) is 39.9 Å². The van der Waals surface area contributed by atoms with Crippen LogP contribution in [-0.2, 0) is 11.3 Å². The van der Waals surface area contributed by atoms with Crippen molar-refractivity contribution in [1.29, 1.82) is 0 Å². The Hall–Kier alpha value is -0.940. The molecule has 1 aromatic carbocycles. The quantitative estimate of drug-likeness (QED) is 0.886. The maximum Gasteiger partial charge on any atom is 0.0484 e. The van der Waals surface area contributed by atoms with E-state index in [1.165, 1.54) is 60.8 Å². The molecule has 0 bridgehead atoms. The predicted molar refractivity (Wildman–Crippen MR) is 102 cm³/mol. The maximum atomic E-state index is 5.67. The molecule has 0 amide bonds. The zero-order valence-electron chi connectivity index (χ0n) is 14.4. The summed E-state index contributed by atoms with van der Waals surface area (Å²) in [6.07, 6.45) is 6.46. The summed E-state index contributed by atoms with van der Waals surface area (Å²) in [7, 11) is 0. The Morgan fingerprint density at radius 1 is 1.08 bits per heavy atom. The molecule has 0 spiro atoms. The second-order valence-corrected chi connectivity index (χ2v) is 8.16. The zero-order chi connectivity index (χ0) is 16.2. The minimum Gasteiger partial charge on any atom is -0.381 e. The number of likely N-dealkylation sites (tertiary alicyclic amines) is 1. The molecule has 0 radical (unpaired) electrons. The molecule has 24 heavy (non-hydrogen) atoms. The summed E-state index contributed by atoms with van der Waals surface area (Å²) in [5.74, 6) is 0. The lowest BCUT2D eigenvalue weighted by Gasteiger charge is -2.48. The molecule has 0 aliphatic carbocycles. The van der Waals surface area contributed by atoms with E-state index in [0.29, 0.717) is 5.54 Å². The number of rotatable bonds is 5. The number of piperidine rings is 1. The van der Waals surface area contributed by atoms with Gasteiger partial charge in [0.05, 0.1) is 0 Å². The van der Waals surface area contributed by atoms with Gasteiger partial charge in [0.25, 0.3) is 0 Å². The van der Waals surface area contributed by atoms with E-state index < -0.39 is 0 Å². The zero-order valence-corrected chi connectivity index (χ0v) is 15.2. The molecule has 0 unspecified atom stereocenters. The van der Waals surface area contributed by atoms with Crippen molar-refractivity contribution in [2.75, 3.05) is 32.8 Å². The molecule has 1 aromatic heterocycles. The fourth-order valence-corrected chi connectivity index (χ4v) is 5.29. The number of hydrogen-bond donors (Lipinski definition) is 1. The molecular weight excluding hydrogens is 316 g/mol. The molecule has 4 heteroatoms. The number of benzene rings is 1. The van der Waals surface area contributed by atoms with Gasteiger partial charge < -0.3 is 10.1 Å². The van der Waals surface area contributed by atoms with E-state index in [9.17, 15) is 0 Å². The molecule has 4 rings (SSSR count). The summed E-state index contributed by atoms with van der Waals surface area (Å²) in [5.41, 5.74) is 1.75. The molecule has 0 saturated carbocycles. The van der Waals surface area contributed by atoms with Crippen LogP contribution >= 0.6 is 11.3 Å². The maximum absolute atomic E-state index is 5.67. The standard InChI is InChI=1S/C20H28N2OS/c1-4-10-22(11-5-1)20(8-12-23-13-9-20)16-21-14-17-15-24-19-7-3-2-6-18(17)19/h2-3,6-7,15,21H,1,4-5,8-14,16H2. The van der Waals surface area contributed by atoms with Gasteiger partial charge in [-0.3, -0.25) is 4.90 Å². The van der Waals surface area contributed by atoms with Crippen molar-refractivity contribution >= 4 is 21.4 Å². The van der Waals surface area contributed by atoms with Crippen molar-refractivity contribution in [3.05, 3.63) is 35.2 Å². The number of fused-ring (bicyclic) bond motifs is 1. The van der Waals surface area contributed by atoms with Crippen LogP contribution in [0.1, 0.15) is 37.7 Å². The number of thiophene rings is 1. The number of ether oxygens (including phenoxy) is 1. The van der Waals surface area contributed by atoms with Gasteiger partial charge in [-0.15, -0.1) is 11.3 Å². The molecule has 130 valence electrons. The van der Waals surface area contributed by atoms with Crippen LogP contribution < -0.4 is 5.32 Å². The highest BCUT2D eigenvalue weighted by Crippen LogP contribution is 2.31. The van der Waals surface area contributed by atoms with Gasteiger partial charge in [-0.1, -0.05) is 24.6 Å².